The highest BCUT2D eigenvalue weighted by Gasteiger charge is 2.18. The molecule has 0 unspecified atom stereocenters. The molecule has 0 aliphatic rings. The van der Waals surface area contributed by atoms with Gasteiger partial charge in [0.1, 0.15) is 5.75 Å². The highest BCUT2D eigenvalue weighted by molar-refractivity contribution is 7.88. The van der Waals surface area contributed by atoms with Crippen LogP contribution < -0.4 is 10.1 Å². The first-order chi connectivity index (χ1) is 12.4. The van der Waals surface area contributed by atoms with Gasteiger partial charge < -0.3 is 10.1 Å². The first-order valence-corrected chi connectivity index (χ1v) is 9.97. The topological polar surface area (TPSA) is 88.6 Å². The zero-order valence-electron chi connectivity index (χ0n) is 14.9. The van der Waals surface area contributed by atoms with Crippen molar-refractivity contribution in [2.24, 2.45) is 0 Å². The van der Waals surface area contributed by atoms with Gasteiger partial charge in [0.15, 0.2) is 0 Å². The van der Waals surface area contributed by atoms with Crippen LogP contribution in [-0.2, 0) is 27.9 Å². The number of benzene rings is 1. The van der Waals surface area contributed by atoms with E-state index in [9.17, 15) is 13.2 Å². The average Bonchev–Trinajstić information content (AvgIpc) is 2.63. The number of sulfonamides is 1. The largest absolute Gasteiger partial charge is 0.497 e. The summed E-state index contributed by atoms with van der Waals surface area (Å²) in [4.78, 5) is 16.0. The number of ether oxygens (including phenoxy) is 1. The third kappa shape index (κ3) is 6.45. The zero-order valence-corrected chi connectivity index (χ0v) is 15.7. The Morgan fingerprint density at radius 2 is 1.92 bits per heavy atom. The van der Waals surface area contributed by atoms with Crippen LogP contribution in [-0.4, -0.2) is 43.5 Å². The Kier molecular flexibility index (Phi) is 7.11. The molecule has 140 valence electrons. The molecule has 1 aromatic carbocycles. The summed E-state index contributed by atoms with van der Waals surface area (Å²) >= 11 is 0. The molecule has 1 N–H and O–H groups in total. The predicted molar refractivity (Wildman–Crippen MR) is 98.9 cm³/mol. The fourth-order valence-electron chi connectivity index (χ4n) is 2.32. The Morgan fingerprint density at radius 3 is 2.50 bits per heavy atom. The molecule has 0 radical (unpaired) electrons. The second-order valence-electron chi connectivity index (χ2n) is 5.83. The lowest BCUT2D eigenvalue weighted by Crippen LogP contribution is -2.34. The molecule has 0 saturated carbocycles. The van der Waals surface area contributed by atoms with E-state index < -0.39 is 10.0 Å². The molecule has 2 aromatic rings. The van der Waals surface area contributed by atoms with E-state index in [0.717, 1.165) is 23.1 Å². The van der Waals surface area contributed by atoms with Crippen LogP contribution in [0.4, 0.5) is 0 Å². The van der Waals surface area contributed by atoms with Crippen LogP contribution in [0.25, 0.3) is 0 Å². The Morgan fingerprint density at radius 1 is 1.19 bits per heavy atom. The smallest absolute Gasteiger partial charge is 0.221 e. The Balaban J connectivity index is 1.86. The molecule has 26 heavy (non-hydrogen) atoms. The van der Waals surface area contributed by atoms with Crippen molar-refractivity contribution in [2.75, 3.05) is 19.9 Å². The fourth-order valence-corrected chi connectivity index (χ4v) is 3.12. The molecule has 0 aliphatic carbocycles. The van der Waals surface area contributed by atoms with E-state index in [1.54, 1.807) is 31.6 Å². The minimum Gasteiger partial charge on any atom is -0.497 e. The third-order valence-electron chi connectivity index (χ3n) is 3.79. The SMILES string of the molecule is COc1ccc(CNC(=O)CCN(Cc2cccnc2)S(C)(=O)=O)cc1. The van der Waals surface area contributed by atoms with Crippen molar-refractivity contribution in [3.8, 4) is 5.75 Å². The molecular weight excluding hydrogens is 354 g/mol. The van der Waals surface area contributed by atoms with Crippen molar-refractivity contribution < 1.29 is 17.9 Å². The van der Waals surface area contributed by atoms with Gasteiger partial charge in [-0.1, -0.05) is 18.2 Å². The maximum atomic E-state index is 12.1. The van der Waals surface area contributed by atoms with E-state index in [1.165, 1.54) is 4.31 Å². The van der Waals surface area contributed by atoms with Crippen molar-refractivity contribution in [3.05, 3.63) is 59.9 Å². The number of pyridine rings is 1. The molecule has 0 bridgehead atoms. The number of carbonyl (C=O) groups is 1. The number of aromatic nitrogens is 1. The first kappa shape index (κ1) is 19.9. The van der Waals surface area contributed by atoms with Gasteiger partial charge in [0.05, 0.1) is 13.4 Å². The van der Waals surface area contributed by atoms with Crippen LogP contribution in [0.1, 0.15) is 17.5 Å². The standard InChI is InChI=1S/C18H23N3O4S/c1-25-17-7-5-15(6-8-17)13-20-18(22)9-11-21(26(2,23)24)14-16-4-3-10-19-12-16/h3-8,10,12H,9,11,13-14H2,1-2H3,(H,20,22). The number of hydrogen-bond acceptors (Lipinski definition) is 5. The minimum absolute atomic E-state index is 0.0868. The van der Waals surface area contributed by atoms with Crippen LogP contribution in [0.5, 0.6) is 5.75 Å². The van der Waals surface area contributed by atoms with Gasteiger partial charge in [0.2, 0.25) is 15.9 Å². The van der Waals surface area contributed by atoms with E-state index in [1.807, 2.05) is 24.3 Å². The molecule has 7 nitrogen and oxygen atoms in total. The number of nitrogens with one attached hydrogen (secondary N) is 1. The highest BCUT2D eigenvalue weighted by atomic mass is 32.2. The van der Waals surface area contributed by atoms with Crippen molar-refractivity contribution in [3.63, 3.8) is 0 Å². The summed E-state index contributed by atoms with van der Waals surface area (Å²) in [5.41, 5.74) is 1.71. The summed E-state index contributed by atoms with van der Waals surface area (Å²) in [6, 6.07) is 10.9. The lowest BCUT2D eigenvalue weighted by Gasteiger charge is -2.19. The van der Waals surface area contributed by atoms with E-state index in [4.69, 9.17) is 4.74 Å². The Labute approximate surface area is 154 Å². The van der Waals surface area contributed by atoms with Crippen LogP contribution in [0.3, 0.4) is 0 Å². The quantitative estimate of drug-likeness (QED) is 0.716. The number of nitrogens with zero attached hydrogens (tertiary/aromatic N) is 2. The average molecular weight is 377 g/mol. The maximum absolute atomic E-state index is 12.1. The van der Waals surface area contributed by atoms with Gasteiger partial charge >= 0.3 is 0 Å². The molecule has 8 heteroatoms. The number of methoxy groups -OCH3 is 1. The Bertz CT molecular complexity index is 808. The van der Waals surface area contributed by atoms with Crippen molar-refractivity contribution in [2.45, 2.75) is 19.5 Å². The third-order valence-corrected chi connectivity index (χ3v) is 5.04. The van der Waals surface area contributed by atoms with E-state index in [0.29, 0.717) is 6.54 Å². The monoisotopic (exact) mass is 377 g/mol. The summed E-state index contributed by atoms with van der Waals surface area (Å²) in [6.45, 7) is 0.685. The predicted octanol–water partition coefficient (Wildman–Crippen LogP) is 1.56. The van der Waals surface area contributed by atoms with Gasteiger partial charge in [-0.2, -0.15) is 4.31 Å². The first-order valence-electron chi connectivity index (χ1n) is 8.12. The van der Waals surface area contributed by atoms with Gasteiger partial charge in [0, 0.05) is 38.4 Å². The van der Waals surface area contributed by atoms with Crippen LogP contribution >= 0.6 is 0 Å². The summed E-state index contributed by atoms with van der Waals surface area (Å²) in [5, 5.41) is 2.79. The second-order valence-corrected chi connectivity index (χ2v) is 7.82. The summed E-state index contributed by atoms with van der Waals surface area (Å²) in [6.07, 6.45) is 4.46. The second kappa shape index (κ2) is 9.30. The number of hydrogen-bond donors (Lipinski definition) is 1. The molecule has 0 atom stereocenters. The molecule has 1 aromatic heterocycles. The molecule has 2 rings (SSSR count). The summed E-state index contributed by atoms with van der Waals surface area (Å²) in [5.74, 6) is 0.542. The maximum Gasteiger partial charge on any atom is 0.221 e. The molecular formula is C18H23N3O4S. The van der Waals surface area contributed by atoms with E-state index in [-0.39, 0.29) is 25.4 Å². The van der Waals surface area contributed by atoms with Crippen LogP contribution in [0, 0.1) is 0 Å². The van der Waals surface area contributed by atoms with Gasteiger partial charge in [0.25, 0.3) is 0 Å². The van der Waals surface area contributed by atoms with Gasteiger partial charge in [-0.25, -0.2) is 8.42 Å². The number of carbonyl (C=O) groups excluding carboxylic acids is 1. The van der Waals surface area contributed by atoms with Crippen molar-refractivity contribution >= 4 is 15.9 Å². The molecule has 0 saturated heterocycles. The minimum atomic E-state index is -3.42. The fraction of sp³-hybridized carbons (Fsp3) is 0.333. The van der Waals surface area contributed by atoms with E-state index >= 15 is 0 Å². The highest BCUT2D eigenvalue weighted by Crippen LogP contribution is 2.11. The van der Waals surface area contributed by atoms with E-state index in [2.05, 4.69) is 10.3 Å². The Hall–Kier alpha value is -2.45. The van der Waals surface area contributed by atoms with Crippen LogP contribution in [0.15, 0.2) is 48.8 Å². The molecule has 1 heterocycles. The molecule has 0 spiro atoms. The summed E-state index contributed by atoms with van der Waals surface area (Å²) in [7, 11) is -1.83. The number of rotatable bonds is 9. The van der Waals surface area contributed by atoms with Crippen molar-refractivity contribution in [1.82, 2.24) is 14.6 Å². The zero-order chi connectivity index (χ0) is 19.0. The molecule has 0 aliphatic heterocycles. The van der Waals surface area contributed by atoms with Gasteiger partial charge in [-0.05, 0) is 29.3 Å². The number of amides is 1. The normalized spacial score (nSPS) is 11.3. The van der Waals surface area contributed by atoms with Gasteiger partial charge in [-0.3, -0.25) is 9.78 Å². The molecule has 1 amide bonds. The van der Waals surface area contributed by atoms with Crippen LogP contribution in [0.2, 0.25) is 0 Å². The van der Waals surface area contributed by atoms with Crippen molar-refractivity contribution in [1.29, 1.82) is 0 Å². The van der Waals surface area contributed by atoms with Gasteiger partial charge in [-0.15, -0.1) is 0 Å². The lowest BCUT2D eigenvalue weighted by atomic mass is 10.2. The summed E-state index contributed by atoms with van der Waals surface area (Å²) < 4.78 is 30.3. The molecule has 0 fully saturated rings. The lowest BCUT2D eigenvalue weighted by molar-refractivity contribution is -0.121.